The van der Waals surface area contributed by atoms with Crippen molar-refractivity contribution in [2.75, 3.05) is 19.8 Å². The van der Waals surface area contributed by atoms with Crippen LogP contribution < -0.4 is 0 Å². The number of fused-ring (bicyclic) bond motifs is 1. The molecule has 5 nitrogen and oxygen atoms in total. The van der Waals surface area contributed by atoms with Crippen molar-refractivity contribution in [3.63, 3.8) is 0 Å². The molecule has 0 radical (unpaired) electrons. The highest BCUT2D eigenvalue weighted by Crippen LogP contribution is 2.39. The molecule has 146 valence electrons. The molecule has 0 aromatic heterocycles. The van der Waals surface area contributed by atoms with Gasteiger partial charge in [0.15, 0.2) is 0 Å². The second-order valence-corrected chi connectivity index (χ2v) is 7.48. The molecule has 0 saturated carbocycles. The van der Waals surface area contributed by atoms with Gasteiger partial charge in [0.2, 0.25) is 5.91 Å². The molecule has 1 N–H and O–H groups in total. The molecule has 1 fully saturated rings. The van der Waals surface area contributed by atoms with E-state index in [4.69, 9.17) is 4.74 Å². The highest BCUT2D eigenvalue weighted by Gasteiger charge is 2.46. The first-order valence-electron chi connectivity index (χ1n) is 9.45. The first kappa shape index (κ1) is 18.6. The van der Waals surface area contributed by atoms with Crippen LogP contribution in [0.3, 0.4) is 0 Å². The molecule has 6 heteroatoms. The lowest BCUT2D eigenvalue weighted by atomic mass is 9.72. The van der Waals surface area contributed by atoms with Crippen LogP contribution in [0.25, 0.3) is 0 Å². The molecule has 28 heavy (non-hydrogen) atoms. The van der Waals surface area contributed by atoms with E-state index in [9.17, 15) is 19.1 Å². The Hall–Kier alpha value is -2.73. The van der Waals surface area contributed by atoms with Gasteiger partial charge in [-0.3, -0.25) is 9.59 Å². The largest absolute Gasteiger partial charge is 0.481 e. The zero-order valence-corrected chi connectivity index (χ0v) is 15.4. The maximum absolute atomic E-state index is 13.9. The predicted octanol–water partition coefficient (Wildman–Crippen LogP) is 3.08. The summed E-state index contributed by atoms with van der Waals surface area (Å²) < 4.78 is 19.4. The molecule has 2 aromatic rings. The molecule has 1 unspecified atom stereocenters. The lowest BCUT2D eigenvalue weighted by Gasteiger charge is -2.42. The summed E-state index contributed by atoms with van der Waals surface area (Å²) >= 11 is 0. The summed E-state index contributed by atoms with van der Waals surface area (Å²) in [6.45, 7) is 1.30. The normalized spacial score (nSPS) is 21.0. The van der Waals surface area contributed by atoms with E-state index in [1.54, 1.807) is 17.0 Å². The SMILES string of the molecule is O=C(O)C1CN(C(=O)C2(c3cccc(F)c3)CCOCC2)Cc2ccccc21. The van der Waals surface area contributed by atoms with Gasteiger partial charge in [-0.15, -0.1) is 0 Å². The quantitative estimate of drug-likeness (QED) is 0.885. The van der Waals surface area contributed by atoms with E-state index in [1.807, 2.05) is 24.3 Å². The van der Waals surface area contributed by atoms with Gasteiger partial charge in [-0.25, -0.2) is 4.39 Å². The van der Waals surface area contributed by atoms with Gasteiger partial charge in [0, 0.05) is 26.3 Å². The molecule has 2 aliphatic heterocycles. The Morgan fingerprint density at radius 2 is 1.86 bits per heavy atom. The Morgan fingerprint density at radius 1 is 1.11 bits per heavy atom. The third-order valence-electron chi connectivity index (χ3n) is 5.91. The van der Waals surface area contributed by atoms with Crippen molar-refractivity contribution in [2.24, 2.45) is 0 Å². The third-order valence-corrected chi connectivity index (χ3v) is 5.91. The first-order chi connectivity index (χ1) is 13.5. The number of carboxylic acids is 1. The molecule has 1 atom stereocenters. The number of carbonyl (C=O) groups is 2. The van der Waals surface area contributed by atoms with E-state index in [-0.39, 0.29) is 18.3 Å². The average Bonchev–Trinajstić information content (AvgIpc) is 2.72. The Labute approximate surface area is 162 Å². The van der Waals surface area contributed by atoms with Crippen molar-refractivity contribution in [2.45, 2.75) is 30.7 Å². The summed E-state index contributed by atoms with van der Waals surface area (Å²) in [6.07, 6.45) is 0.899. The lowest BCUT2D eigenvalue weighted by Crippen LogP contribution is -2.52. The van der Waals surface area contributed by atoms with Crippen LogP contribution in [-0.4, -0.2) is 41.6 Å². The van der Waals surface area contributed by atoms with Crippen LogP contribution in [0.4, 0.5) is 4.39 Å². The molecule has 0 aliphatic carbocycles. The van der Waals surface area contributed by atoms with Crippen molar-refractivity contribution in [1.82, 2.24) is 4.90 Å². The molecule has 2 heterocycles. The summed E-state index contributed by atoms with van der Waals surface area (Å²) in [5.41, 5.74) is 1.34. The summed E-state index contributed by atoms with van der Waals surface area (Å²) in [5, 5.41) is 9.70. The van der Waals surface area contributed by atoms with E-state index in [1.165, 1.54) is 12.1 Å². The van der Waals surface area contributed by atoms with Crippen LogP contribution in [0.15, 0.2) is 48.5 Å². The van der Waals surface area contributed by atoms with Gasteiger partial charge < -0.3 is 14.7 Å². The van der Waals surface area contributed by atoms with E-state index in [0.717, 1.165) is 11.1 Å². The van der Waals surface area contributed by atoms with Gasteiger partial charge in [-0.1, -0.05) is 36.4 Å². The highest BCUT2D eigenvalue weighted by atomic mass is 19.1. The highest BCUT2D eigenvalue weighted by molar-refractivity contribution is 5.90. The predicted molar refractivity (Wildman–Crippen MR) is 100 cm³/mol. The third kappa shape index (κ3) is 3.18. The Kier molecular flexibility index (Phi) is 4.89. The van der Waals surface area contributed by atoms with Crippen molar-refractivity contribution in [3.05, 3.63) is 71.0 Å². The number of nitrogens with zero attached hydrogens (tertiary/aromatic N) is 1. The maximum atomic E-state index is 13.9. The molecule has 0 spiro atoms. The molecular formula is C22H22FNO4. The summed E-state index contributed by atoms with van der Waals surface area (Å²) in [7, 11) is 0. The minimum Gasteiger partial charge on any atom is -0.481 e. The van der Waals surface area contributed by atoms with Crippen LogP contribution in [0, 0.1) is 5.82 Å². The second kappa shape index (κ2) is 7.36. The molecule has 1 saturated heterocycles. The van der Waals surface area contributed by atoms with Crippen molar-refractivity contribution >= 4 is 11.9 Å². The van der Waals surface area contributed by atoms with Gasteiger partial charge in [-0.05, 0) is 41.7 Å². The summed E-state index contributed by atoms with van der Waals surface area (Å²) in [6, 6.07) is 13.5. The zero-order valence-electron chi connectivity index (χ0n) is 15.4. The van der Waals surface area contributed by atoms with Gasteiger partial charge >= 0.3 is 5.97 Å². The molecule has 4 rings (SSSR count). The number of aliphatic carboxylic acids is 1. The van der Waals surface area contributed by atoms with Crippen molar-refractivity contribution in [1.29, 1.82) is 0 Å². The molecule has 2 aromatic carbocycles. The number of amides is 1. The Balaban J connectivity index is 1.73. The molecule has 1 amide bonds. The Bertz CT molecular complexity index is 907. The number of hydrogen-bond acceptors (Lipinski definition) is 3. The van der Waals surface area contributed by atoms with Gasteiger partial charge in [-0.2, -0.15) is 0 Å². The second-order valence-electron chi connectivity index (χ2n) is 7.48. The van der Waals surface area contributed by atoms with Crippen molar-refractivity contribution < 1.29 is 23.8 Å². The van der Waals surface area contributed by atoms with Crippen molar-refractivity contribution in [3.8, 4) is 0 Å². The Morgan fingerprint density at radius 3 is 2.57 bits per heavy atom. The van der Waals surface area contributed by atoms with E-state index in [0.29, 0.717) is 38.2 Å². The number of halogens is 1. The number of hydrogen-bond donors (Lipinski definition) is 1. The van der Waals surface area contributed by atoms with Gasteiger partial charge in [0.1, 0.15) is 5.82 Å². The van der Waals surface area contributed by atoms with E-state index in [2.05, 4.69) is 0 Å². The van der Waals surface area contributed by atoms with Crippen LogP contribution >= 0.6 is 0 Å². The minimum atomic E-state index is -0.947. The lowest BCUT2D eigenvalue weighted by molar-refractivity contribution is -0.146. The van der Waals surface area contributed by atoms with Crippen LogP contribution in [0.1, 0.15) is 35.4 Å². The smallest absolute Gasteiger partial charge is 0.312 e. The monoisotopic (exact) mass is 383 g/mol. The first-order valence-corrected chi connectivity index (χ1v) is 9.45. The summed E-state index contributed by atoms with van der Waals surface area (Å²) in [5.74, 6) is -2.25. The number of ether oxygens (including phenoxy) is 1. The summed E-state index contributed by atoms with van der Waals surface area (Å²) in [4.78, 5) is 27.2. The van der Waals surface area contributed by atoms with E-state index < -0.39 is 17.3 Å². The fraction of sp³-hybridized carbons (Fsp3) is 0.364. The molecule has 2 aliphatic rings. The standard InChI is InChI=1S/C22H22FNO4/c23-17-6-3-5-16(12-17)22(8-10-28-11-9-22)21(27)24-13-15-4-1-2-7-18(15)19(14-24)20(25)26/h1-7,12,19H,8-11,13-14H2,(H,25,26). The fourth-order valence-corrected chi connectivity index (χ4v) is 4.41. The minimum absolute atomic E-state index is 0.114. The number of benzene rings is 2. The molecular weight excluding hydrogens is 361 g/mol. The zero-order chi connectivity index (χ0) is 19.7. The number of carbonyl (C=O) groups excluding carboxylic acids is 1. The number of carboxylic acid groups (broad SMARTS) is 1. The number of rotatable bonds is 3. The van der Waals surface area contributed by atoms with Crippen LogP contribution in [0.2, 0.25) is 0 Å². The maximum Gasteiger partial charge on any atom is 0.312 e. The molecule has 0 bridgehead atoms. The van der Waals surface area contributed by atoms with Gasteiger partial charge in [0.25, 0.3) is 0 Å². The average molecular weight is 383 g/mol. The van der Waals surface area contributed by atoms with Gasteiger partial charge in [0.05, 0.1) is 11.3 Å². The van der Waals surface area contributed by atoms with Crippen LogP contribution in [-0.2, 0) is 26.3 Å². The fourth-order valence-electron chi connectivity index (χ4n) is 4.41. The topological polar surface area (TPSA) is 66.8 Å². The van der Waals surface area contributed by atoms with E-state index >= 15 is 0 Å². The van der Waals surface area contributed by atoms with Crippen LogP contribution in [0.5, 0.6) is 0 Å².